The number of hydrogen-bond acceptors (Lipinski definition) is 0. The molecule has 0 N–H and O–H groups in total. The summed E-state index contributed by atoms with van der Waals surface area (Å²) in [4.78, 5) is 0. The van der Waals surface area contributed by atoms with Crippen molar-refractivity contribution in [1.29, 1.82) is 0 Å². The molecule has 1 rings (SSSR count). The third kappa shape index (κ3) is 2.01. The largest absolute Gasteiger partial charge is 0.179 e. The van der Waals surface area contributed by atoms with Crippen LogP contribution < -0.4 is 0 Å². The average Bonchev–Trinajstić information content (AvgIpc) is 2.04. The lowest BCUT2D eigenvalue weighted by Crippen LogP contribution is -1.77. The summed E-state index contributed by atoms with van der Waals surface area (Å²) in [5, 5.41) is 0. The first-order valence-electron chi connectivity index (χ1n) is 2.49. The van der Waals surface area contributed by atoms with Gasteiger partial charge in [0.25, 0.3) is 0 Å². The van der Waals surface area contributed by atoms with E-state index in [1.165, 1.54) is 0 Å². The van der Waals surface area contributed by atoms with Crippen LogP contribution in [-0.2, 0) is 0 Å². The highest BCUT2D eigenvalue weighted by Crippen LogP contribution is 2.32. The number of rotatable bonds is 2. The van der Waals surface area contributed by atoms with E-state index in [9.17, 15) is 5.72 Å². The summed E-state index contributed by atoms with van der Waals surface area (Å²) >= 11 is -2.86. The highest BCUT2D eigenvalue weighted by molar-refractivity contribution is 14.2. The Morgan fingerprint density at radius 1 is 0.900 bits per heavy atom. The van der Waals surface area contributed by atoms with Crippen LogP contribution in [0.1, 0.15) is 0 Å². The Kier molecular flexibility index (Phi) is 3.82. The van der Waals surface area contributed by atoms with Crippen molar-refractivity contribution in [2.24, 2.45) is 0 Å². The lowest BCUT2D eigenvalue weighted by molar-refractivity contribution is 1.02. The van der Waals surface area contributed by atoms with Crippen molar-refractivity contribution in [2.75, 3.05) is 0 Å². The molecule has 2 radical (unpaired) electrons. The summed E-state index contributed by atoms with van der Waals surface area (Å²) in [6.07, 6.45) is 0. The average molecular weight is 368 g/mol. The molecule has 4 heteroatoms. The second kappa shape index (κ2) is 4.42. The zero-order valence-electron chi connectivity index (χ0n) is 4.82. The van der Waals surface area contributed by atoms with Gasteiger partial charge in [-0.25, -0.2) is 0 Å². The molecule has 0 saturated carbocycles. The van der Waals surface area contributed by atoms with Gasteiger partial charge in [0.05, 0.1) is 7.14 Å². The summed E-state index contributed by atoms with van der Waals surface area (Å²) < 4.78 is 25.5. The molecule has 0 heterocycles. The van der Waals surface area contributed by atoms with Gasteiger partial charge in [0.1, 0.15) is 43.6 Å². The Morgan fingerprint density at radius 2 is 1.30 bits per heavy atom. The molecule has 0 spiro atoms. The Balaban J connectivity index is 2.96. The predicted octanol–water partition coefficient (Wildman–Crippen LogP) is 3.74. The SMILES string of the molecule is F[I]c1ccccc1[I]F. The maximum Gasteiger partial charge on any atom is 0.110 e. The molecular formula is C6H4F2I2. The maximum atomic E-state index is 12.1. The zero-order chi connectivity index (χ0) is 7.40. The number of halogens is 4. The monoisotopic (exact) mass is 368 g/mol. The first kappa shape index (κ1) is 8.63. The number of benzene rings is 1. The van der Waals surface area contributed by atoms with Crippen LogP contribution in [0.2, 0.25) is 0 Å². The molecule has 1 aromatic carbocycles. The van der Waals surface area contributed by atoms with Gasteiger partial charge in [-0.2, -0.15) is 5.72 Å². The fourth-order valence-electron chi connectivity index (χ4n) is 0.555. The molecule has 0 aliphatic rings. The van der Waals surface area contributed by atoms with Crippen LogP contribution in [0, 0.1) is 7.14 Å². The lowest BCUT2D eigenvalue weighted by Gasteiger charge is -1.95. The first-order chi connectivity index (χ1) is 4.88. The molecule has 0 unspecified atom stereocenters. The molecule has 56 valence electrons. The van der Waals surface area contributed by atoms with Gasteiger partial charge in [-0.3, -0.25) is 0 Å². The molecule has 0 bridgehead atoms. The topological polar surface area (TPSA) is 0 Å². The van der Waals surface area contributed by atoms with Crippen molar-refractivity contribution in [2.45, 2.75) is 0 Å². The van der Waals surface area contributed by atoms with E-state index >= 15 is 0 Å². The van der Waals surface area contributed by atoms with Crippen LogP contribution in [0.15, 0.2) is 24.3 Å². The minimum absolute atomic E-state index is 0.608. The molecule has 0 atom stereocenters. The van der Waals surface area contributed by atoms with Crippen LogP contribution >= 0.6 is 43.6 Å². The smallest absolute Gasteiger partial charge is 0.110 e. The molecule has 0 amide bonds. The van der Waals surface area contributed by atoms with Gasteiger partial charge < -0.3 is 0 Å². The van der Waals surface area contributed by atoms with Crippen LogP contribution in [-0.4, -0.2) is 0 Å². The summed E-state index contributed by atoms with van der Waals surface area (Å²) in [7, 11) is 0. The highest BCUT2D eigenvalue weighted by Gasteiger charge is 2.01. The third-order valence-electron chi connectivity index (χ3n) is 0.978. The fourth-order valence-corrected chi connectivity index (χ4v) is 3.03. The quantitative estimate of drug-likeness (QED) is 0.699. The third-order valence-corrected chi connectivity index (χ3v) is 4.77. The second-order valence-electron chi connectivity index (χ2n) is 1.56. The van der Waals surface area contributed by atoms with Gasteiger partial charge in [0.15, 0.2) is 0 Å². The molecule has 0 aromatic heterocycles. The Hall–Kier alpha value is 0.540. The van der Waals surface area contributed by atoms with Crippen molar-refractivity contribution >= 4 is 43.6 Å². The van der Waals surface area contributed by atoms with Crippen LogP contribution in [0.5, 0.6) is 0 Å². The van der Waals surface area contributed by atoms with E-state index in [2.05, 4.69) is 0 Å². The predicted molar refractivity (Wildman–Crippen MR) is 54.1 cm³/mol. The van der Waals surface area contributed by atoms with Crippen molar-refractivity contribution in [3.8, 4) is 0 Å². The van der Waals surface area contributed by atoms with Gasteiger partial charge in [-0.1, -0.05) is 12.1 Å². The van der Waals surface area contributed by atoms with Gasteiger partial charge in [-0.05, 0) is 12.1 Å². The van der Waals surface area contributed by atoms with Crippen molar-refractivity contribution in [1.82, 2.24) is 0 Å². The summed E-state index contributed by atoms with van der Waals surface area (Å²) in [5.74, 6) is 0. The lowest BCUT2D eigenvalue weighted by atomic mass is 10.4. The van der Waals surface area contributed by atoms with Gasteiger partial charge in [-0.15, -0.1) is 0 Å². The fraction of sp³-hybridized carbons (Fsp3) is 0. The van der Waals surface area contributed by atoms with Crippen molar-refractivity contribution in [3.63, 3.8) is 0 Å². The van der Waals surface area contributed by atoms with Crippen LogP contribution in [0.25, 0.3) is 0 Å². The van der Waals surface area contributed by atoms with Gasteiger partial charge >= 0.3 is 0 Å². The first-order valence-corrected chi connectivity index (χ1v) is 6.28. The van der Waals surface area contributed by atoms with E-state index in [1.807, 2.05) is 0 Å². The summed E-state index contributed by atoms with van der Waals surface area (Å²) in [6.45, 7) is 0. The molecule has 0 fully saturated rings. The minimum Gasteiger partial charge on any atom is -0.179 e. The zero-order valence-corrected chi connectivity index (χ0v) is 9.14. The van der Waals surface area contributed by atoms with E-state index in [1.54, 1.807) is 24.3 Å². The Labute approximate surface area is 80.1 Å². The van der Waals surface area contributed by atoms with Crippen LogP contribution in [0.4, 0.5) is 5.72 Å². The molecule has 0 saturated heterocycles. The highest BCUT2D eigenvalue weighted by atomic mass is 127. The standard InChI is InChI=1S/C6H4F2I2/c7-9-5-3-1-2-4-6(5)10-8/h1-4H. The Morgan fingerprint density at radius 3 is 1.60 bits per heavy atom. The van der Waals surface area contributed by atoms with E-state index < -0.39 is 43.6 Å². The maximum absolute atomic E-state index is 12.1. The van der Waals surface area contributed by atoms with Crippen LogP contribution in [0.3, 0.4) is 0 Å². The van der Waals surface area contributed by atoms with Crippen molar-refractivity contribution in [3.05, 3.63) is 31.4 Å². The molecule has 0 aliphatic carbocycles. The van der Waals surface area contributed by atoms with E-state index in [4.69, 9.17) is 0 Å². The molecular weight excluding hydrogens is 364 g/mol. The molecule has 1 aromatic rings. The van der Waals surface area contributed by atoms with Crippen molar-refractivity contribution < 1.29 is 5.72 Å². The van der Waals surface area contributed by atoms with E-state index in [0.29, 0.717) is 7.14 Å². The van der Waals surface area contributed by atoms with Gasteiger partial charge in [0.2, 0.25) is 0 Å². The van der Waals surface area contributed by atoms with E-state index in [0.717, 1.165) is 0 Å². The molecule has 0 aliphatic heterocycles. The van der Waals surface area contributed by atoms with E-state index in [-0.39, 0.29) is 0 Å². The number of hydrogen-bond donors (Lipinski definition) is 0. The normalized spacial score (nSPS) is 9.80. The second-order valence-corrected chi connectivity index (χ2v) is 4.70. The van der Waals surface area contributed by atoms with Gasteiger partial charge in [0, 0.05) is 0 Å². The molecule has 10 heavy (non-hydrogen) atoms. The molecule has 0 nitrogen and oxygen atoms in total. The Bertz CT molecular complexity index is 192. The minimum atomic E-state index is -1.43. The summed E-state index contributed by atoms with van der Waals surface area (Å²) in [6, 6.07) is 6.83. The summed E-state index contributed by atoms with van der Waals surface area (Å²) in [5.41, 5.74) is 0.